The Balaban J connectivity index is 3.45. The van der Waals surface area contributed by atoms with Crippen LogP contribution in [-0.2, 0) is 0 Å². The smallest absolute Gasteiger partial charge is 0.0163 e. The van der Waals surface area contributed by atoms with Crippen molar-refractivity contribution in [3.8, 4) is 0 Å². The molecule has 0 aliphatic carbocycles. The second-order valence-electron chi connectivity index (χ2n) is 2.95. The predicted octanol–water partition coefficient (Wildman–Crippen LogP) is 1.62. The Morgan fingerprint density at radius 2 is 2.00 bits per heavy atom. The Hall–Kier alpha value is -0.340. The molecule has 2 nitrogen and oxygen atoms in total. The van der Waals surface area contributed by atoms with Crippen molar-refractivity contribution in [1.82, 2.24) is 4.90 Å². The van der Waals surface area contributed by atoms with E-state index in [1.807, 2.05) is 6.08 Å². The molecule has 2 heteroatoms. The molecule has 0 saturated heterocycles. The molecule has 0 heterocycles. The van der Waals surface area contributed by atoms with Gasteiger partial charge >= 0.3 is 0 Å². The van der Waals surface area contributed by atoms with Gasteiger partial charge in [0.15, 0.2) is 0 Å². The van der Waals surface area contributed by atoms with Gasteiger partial charge in [0.05, 0.1) is 0 Å². The molecule has 0 radical (unpaired) electrons. The van der Waals surface area contributed by atoms with E-state index in [4.69, 9.17) is 5.73 Å². The van der Waals surface area contributed by atoms with Crippen LogP contribution in [0.1, 0.15) is 26.7 Å². The molecule has 72 valence electrons. The zero-order valence-corrected chi connectivity index (χ0v) is 8.42. The Morgan fingerprint density at radius 1 is 1.25 bits per heavy atom. The molecule has 2 N–H and O–H groups in total. The van der Waals surface area contributed by atoms with Crippen LogP contribution in [0.25, 0.3) is 0 Å². The van der Waals surface area contributed by atoms with E-state index < -0.39 is 0 Å². The molecule has 0 fully saturated rings. The highest BCUT2D eigenvalue weighted by atomic mass is 15.1. The van der Waals surface area contributed by atoms with E-state index in [2.05, 4.69) is 24.8 Å². The summed E-state index contributed by atoms with van der Waals surface area (Å²) in [6.45, 7) is 8.48. The van der Waals surface area contributed by atoms with Crippen LogP contribution in [0.15, 0.2) is 12.2 Å². The fraction of sp³-hybridized carbons (Fsp3) is 0.800. The largest absolute Gasteiger partial charge is 0.327 e. The zero-order chi connectivity index (χ0) is 9.23. The van der Waals surface area contributed by atoms with Crippen LogP contribution in [0, 0.1) is 0 Å². The van der Waals surface area contributed by atoms with Crippen molar-refractivity contribution in [2.24, 2.45) is 5.73 Å². The van der Waals surface area contributed by atoms with Crippen LogP contribution in [-0.4, -0.2) is 31.1 Å². The highest BCUT2D eigenvalue weighted by molar-refractivity contribution is 4.85. The molecule has 0 rings (SSSR count). The van der Waals surface area contributed by atoms with E-state index in [-0.39, 0.29) is 0 Å². The minimum atomic E-state index is 0.658. The van der Waals surface area contributed by atoms with Gasteiger partial charge in [-0.05, 0) is 19.5 Å². The van der Waals surface area contributed by atoms with Gasteiger partial charge in [-0.3, -0.25) is 4.90 Å². The van der Waals surface area contributed by atoms with Crippen LogP contribution in [0.3, 0.4) is 0 Å². The number of nitrogens with zero attached hydrogens (tertiary/aromatic N) is 1. The minimum absolute atomic E-state index is 0.658. The monoisotopic (exact) mass is 170 g/mol. The minimum Gasteiger partial charge on any atom is -0.327 e. The summed E-state index contributed by atoms with van der Waals surface area (Å²) in [5.41, 5.74) is 5.35. The molecule has 0 spiro atoms. The van der Waals surface area contributed by atoms with Gasteiger partial charge in [-0.15, -0.1) is 0 Å². The van der Waals surface area contributed by atoms with Gasteiger partial charge in [-0.1, -0.05) is 32.4 Å². The first-order chi connectivity index (χ1) is 5.85. The number of hydrogen-bond acceptors (Lipinski definition) is 2. The van der Waals surface area contributed by atoms with Crippen LogP contribution < -0.4 is 5.73 Å². The van der Waals surface area contributed by atoms with E-state index in [0.29, 0.717) is 6.54 Å². The molecule has 0 bridgehead atoms. The third kappa shape index (κ3) is 6.38. The molecular weight excluding hydrogens is 148 g/mol. The first-order valence-electron chi connectivity index (χ1n) is 4.92. The maximum Gasteiger partial charge on any atom is 0.0163 e. The average Bonchev–Trinajstić information content (AvgIpc) is 2.11. The third-order valence-corrected chi connectivity index (χ3v) is 1.94. The summed E-state index contributed by atoms with van der Waals surface area (Å²) in [7, 11) is 0. The summed E-state index contributed by atoms with van der Waals surface area (Å²) in [6.07, 6.45) is 6.75. The molecule has 0 aromatic heterocycles. The van der Waals surface area contributed by atoms with Crippen LogP contribution in [0.5, 0.6) is 0 Å². The number of unbranched alkanes of at least 4 members (excludes halogenated alkanes) is 1. The number of hydrogen-bond donors (Lipinski definition) is 1. The second-order valence-corrected chi connectivity index (χ2v) is 2.95. The fourth-order valence-corrected chi connectivity index (χ4v) is 1.08. The number of nitrogens with two attached hydrogens (primary N) is 1. The van der Waals surface area contributed by atoms with Gasteiger partial charge in [0.1, 0.15) is 0 Å². The van der Waals surface area contributed by atoms with Crippen molar-refractivity contribution in [2.75, 3.05) is 26.2 Å². The first kappa shape index (κ1) is 11.7. The SMILES string of the molecule is CCCCN(CC)CC=CCN. The van der Waals surface area contributed by atoms with Gasteiger partial charge < -0.3 is 5.73 Å². The summed E-state index contributed by atoms with van der Waals surface area (Å²) in [6, 6.07) is 0. The average molecular weight is 170 g/mol. The van der Waals surface area contributed by atoms with E-state index >= 15 is 0 Å². The van der Waals surface area contributed by atoms with E-state index in [1.165, 1.54) is 19.4 Å². The summed E-state index contributed by atoms with van der Waals surface area (Å²) >= 11 is 0. The zero-order valence-electron chi connectivity index (χ0n) is 8.42. The standard InChI is InChI=1S/C10H22N2/c1-3-5-9-12(4-2)10-7-6-8-11/h6-7H,3-5,8-11H2,1-2H3. The molecule has 12 heavy (non-hydrogen) atoms. The fourth-order valence-electron chi connectivity index (χ4n) is 1.08. The summed E-state index contributed by atoms with van der Waals surface area (Å²) in [4.78, 5) is 2.43. The van der Waals surface area contributed by atoms with Gasteiger partial charge in [-0.2, -0.15) is 0 Å². The number of rotatable bonds is 7. The molecular formula is C10H22N2. The number of likely N-dealkylation sites (N-methyl/N-ethyl adjacent to an activating group) is 1. The van der Waals surface area contributed by atoms with Crippen molar-refractivity contribution in [1.29, 1.82) is 0 Å². The van der Waals surface area contributed by atoms with Crippen LogP contribution >= 0.6 is 0 Å². The highest BCUT2D eigenvalue weighted by Crippen LogP contribution is 1.94. The van der Waals surface area contributed by atoms with Crippen molar-refractivity contribution in [2.45, 2.75) is 26.7 Å². The second kappa shape index (κ2) is 8.75. The van der Waals surface area contributed by atoms with E-state index in [0.717, 1.165) is 13.1 Å². The Morgan fingerprint density at radius 3 is 2.50 bits per heavy atom. The van der Waals surface area contributed by atoms with Crippen molar-refractivity contribution in [3.63, 3.8) is 0 Å². The van der Waals surface area contributed by atoms with Crippen LogP contribution in [0.2, 0.25) is 0 Å². The Bertz CT molecular complexity index is 110. The van der Waals surface area contributed by atoms with Gasteiger partial charge in [-0.25, -0.2) is 0 Å². The molecule has 0 aliphatic heterocycles. The Labute approximate surface area is 76.4 Å². The van der Waals surface area contributed by atoms with Gasteiger partial charge in [0.25, 0.3) is 0 Å². The van der Waals surface area contributed by atoms with Crippen molar-refractivity contribution in [3.05, 3.63) is 12.2 Å². The summed E-state index contributed by atoms with van der Waals surface area (Å²) < 4.78 is 0. The first-order valence-corrected chi connectivity index (χ1v) is 4.92. The van der Waals surface area contributed by atoms with Gasteiger partial charge in [0.2, 0.25) is 0 Å². The maximum absolute atomic E-state index is 5.35. The third-order valence-electron chi connectivity index (χ3n) is 1.94. The molecule has 0 atom stereocenters. The topological polar surface area (TPSA) is 29.3 Å². The maximum atomic E-state index is 5.35. The lowest BCUT2D eigenvalue weighted by molar-refractivity contribution is 0.313. The molecule has 0 unspecified atom stereocenters. The summed E-state index contributed by atoms with van der Waals surface area (Å²) in [5.74, 6) is 0. The molecule has 0 saturated carbocycles. The van der Waals surface area contributed by atoms with Crippen molar-refractivity contribution < 1.29 is 0 Å². The lowest BCUT2D eigenvalue weighted by atomic mass is 10.3. The van der Waals surface area contributed by atoms with Gasteiger partial charge in [0, 0.05) is 13.1 Å². The van der Waals surface area contributed by atoms with E-state index in [9.17, 15) is 0 Å². The van der Waals surface area contributed by atoms with E-state index in [1.54, 1.807) is 0 Å². The highest BCUT2D eigenvalue weighted by Gasteiger charge is 1.96. The van der Waals surface area contributed by atoms with Crippen LogP contribution in [0.4, 0.5) is 0 Å². The normalized spacial score (nSPS) is 11.7. The molecule has 0 aromatic rings. The lowest BCUT2D eigenvalue weighted by Gasteiger charge is -2.17. The molecule has 0 aliphatic rings. The van der Waals surface area contributed by atoms with Crippen molar-refractivity contribution >= 4 is 0 Å². The predicted molar refractivity (Wildman–Crippen MR) is 55.2 cm³/mol. The lowest BCUT2D eigenvalue weighted by Crippen LogP contribution is -2.24. The molecule has 0 amide bonds. The summed E-state index contributed by atoms with van der Waals surface area (Å²) in [5, 5.41) is 0. The Kier molecular flexibility index (Phi) is 8.51. The molecule has 0 aromatic carbocycles. The quantitative estimate of drug-likeness (QED) is 0.588.